The predicted octanol–water partition coefficient (Wildman–Crippen LogP) is 5.49. The first-order chi connectivity index (χ1) is 16.2. The van der Waals surface area contributed by atoms with E-state index in [1.807, 2.05) is 23.7 Å². The number of carbonyl (C=O) groups is 1. The number of aromatic nitrogens is 3. The fourth-order valence-corrected chi connectivity index (χ4v) is 4.73. The van der Waals surface area contributed by atoms with Crippen molar-refractivity contribution in [3.8, 4) is 23.5 Å². The second kappa shape index (κ2) is 10.9. The fraction of sp³-hybridized carbons (Fsp3) is 0.360. The highest BCUT2D eigenvalue weighted by Crippen LogP contribution is 2.34. The smallest absolute Gasteiger partial charge is 0.348 e. The number of rotatable bonds is 8. The Morgan fingerprint density at radius 2 is 1.97 bits per heavy atom. The van der Waals surface area contributed by atoms with Crippen LogP contribution in [0.25, 0.3) is 11.1 Å². The highest BCUT2D eigenvalue weighted by atomic mass is 32.1. The zero-order valence-corrected chi connectivity index (χ0v) is 19.5. The van der Waals surface area contributed by atoms with Crippen LogP contribution in [0.5, 0.6) is 0 Å². The summed E-state index contributed by atoms with van der Waals surface area (Å²) in [5.74, 6) is 4.03. The first-order valence-corrected chi connectivity index (χ1v) is 12.1. The molecule has 3 heterocycles. The topological polar surface area (TPSA) is 89.0 Å². The van der Waals surface area contributed by atoms with Gasteiger partial charge in [-0.1, -0.05) is 19.3 Å². The molecule has 3 aromatic rings. The van der Waals surface area contributed by atoms with Gasteiger partial charge in [0.2, 0.25) is 0 Å². The van der Waals surface area contributed by atoms with E-state index in [-0.39, 0.29) is 5.97 Å². The Kier molecular flexibility index (Phi) is 7.53. The minimum absolute atomic E-state index is 0.300. The summed E-state index contributed by atoms with van der Waals surface area (Å²) in [7, 11) is 0. The summed E-state index contributed by atoms with van der Waals surface area (Å²) >= 11 is 1.38. The molecule has 0 radical (unpaired) electrons. The van der Waals surface area contributed by atoms with Crippen molar-refractivity contribution in [1.29, 1.82) is 0 Å². The van der Waals surface area contributed by atoms with Crippen LogP contribution >= 0.6 is 11.3 Å². The van der Waals surface area contributed by atoms with Gasteiger partial charge in [-0.3, -0.25) is 0 Å². The SMILES string of the molecule is C#Cc1cnc(Nc2cc(NCC3CCCCC3)c(-c3csc(C(=O)OCC)c3)cn2)cn1. The molecule has 0 unspecified atom stereocenters. The number of terminal acetylenes is 1. The number of nitrogens with zero attached hydrogens (tertiary/aromatic N) is 3. The van der Waals surface area contributed by atoms with Gasteiger partial charge in [0.15, 0.2) is 0 Å². The zero-order valence-electron chi connectivity index (χ0n) is 18.6. The molecule has 0 aliphatic heterocycles. The lowest BCUT2D eigenvalue weighted by molar-refractivity contribution is 0.0532. The van der Waals surface area contributed by atoms with Gasteiger partial charge in [-0.15, -0.1) is 17.8 Å². The summed E-state index contributed by atoms with van der Waals surface area (Å²) in [6.45, 7) is 3.06. The van der Waals surface area contributed by atoms with Crippen molar-refractivity contribution in [3.05, 3.63) is 46.7 Å². The van der Waals surface area contributed by atoms with Crippen molar-refractivity contribution < 1.29 is 9.53 Å². The molecule has 3 aromatic heterocycles. The molecule has 1 aliphatic carbocycles. The fourth-order valence-electron chi connectivity index (χ4n) is 3.93. The van der Waals surface area contributed by atoms with E-state index in [1.54, 1.807) is 19.3 Å². The van der Waals surface area contributed by atoms with Crippen molar-refractivity contribution in [2.24, 2.45) is 5.92 Å². The highest BCUT2D eigenvalue weighted by Gasteiger charge is 2.17. The van der Waals surface area contributed by atoms with Gasteiger partial charge in [0.25, 0.3) is 0 Å². The summed E-state index contributed by atoms with van der Waals surface area (Å²) in [5.41, 5.74) is 3.32. The Morgan fingerprint density at radius 1 is 1.15 bits per heavy atom. The van der Waals surface area contributed by atoms with Crippen LogP contribution in [-0.4, -0.2) is 34.1 Å². The summed E-state index contributed by atoms with van der Waals surface area (Å²) in [5, 5.41) is 8.79. The van der Waals surface area contributed by atoms with Gasteiger partial charge in [0.1, 0.15) is 22.2 Å². The minimum Gasteiger partial charge on any atom is -0.462 e. The highest BCUT2D eigenvalue weighted by molar-refractivity contribution is 7.12. The van der Waals surface area contributed by atoms with E-state index in [2.05, 4.69) is 31.5 Å². The second-order valence-electron chi connectivity index (χ2n) is 7.98. The first kappa shape index (κ1) is 22.7. The van der Waals surface area contributed by atoms with Crippen molar-refractivity contribution in [1.82, 2.24) is 15.0 Å². The Hall–Kier alpha value is -3.44. The van der Waals surface area contributed by atoms with Gasteiger partial charge < -0.3 is 15.4 Å². The molecule has 1 aliphatic rings. The Bertz CT molecular complexity index is 1130. The van der Waals surface area contributed by atoms with Crippen LogP contribution in [0.3, 0.4) is 0 Å². The summed E-state index contributed by atoms with van der Waals surface area (Å²) in [4.78, 5) is 25.7. The molecule has 33 heavy (non-hydrogen) atoms. The summed E-state index contributed by atoms with van der Waals surface area (Å²) in [6, 6.07) is 3.83. The molecule has 1 saturated carbocycles. The van der Waals surface area contributed by atoms with Crippen molar-refractivity contribution in [2.75, 3.05) is 23.8 Å². The van der Waals surface area contributed by atoms with E-state index in [4.69, 9.17) is 11.2 Å². The zero-order chi connectivity index (χ0) is 23.0. The number of anilines is 3. The number of hydrogen-bond acceptors (Lipinski definition) is 8. The molecule has 0 spiro atoms. The van der Waals surface area contributed by atoms with Crippen LogP contribution in [0, 0.1) is 18.3 Å². The van der Waals surface area contributed by atoms with Gasteiger partial charge in [-0.05, 0) is 48.6 Å². The third-order valence-corrected chi connectivity index (χ3v) is 6.56. The summed E-state index contributed by atoms with van der Waals surface area (Å²) < 4.78 is 5.14. The maximum atomic E-state index is 12.1. The molecule has 170 valence electrons. The van der Waals surface area contributed by atoms with E-state index in [9.17, 15) is 4.79 Å². The van der Waals surface area contributed by atoms with Gasteiger partial charge in [0.05, 0.1) is 19.0 Å². The molecule has 2 N–H and O–H groups in total. The average Bonchev–Trinajstić information content (AvgIpc) is 3.34. The lowest BCUT2D eigenvalue weighted by Crippen LogP contribution is -2.17. The van der Waals surface area contributed by atoms with Crippen molar-refractivity contribution >= 4 is 34.6 Å². The maximum Gasteiger partial charge on any atom is 0.348 e. The number of esters is 1. The minimum atomic E-state index is -0.300. The van der Waals surface area contributed by atoms with Crippen molar-refractivity contribution in [3.63, 3.8) is 0 Å². The van der Waals surface area contributed by atoms with Crippen LogP contribution < -0.4 is 10.6 Å². The number of hydrogen-bond donors (Lipinski definition) is 2. The molecular weight excluding hydrogens is 434 g/mol. The molecule has 4 rings (SSSR count). The quantitative estimate of drug-likeness (QED) is 0.338. The van der Waals surface area contributed by atoms with Gasteiger partial charge in [-0.25, -0.2) is 19.7 Å². The monoisotopic (exact) mass is 461 g/mol. The molecule has 0 atom stereocenters. The molecule has 0 saturated heterocycles. The van der Waals surface area contributed by atoms with Crippen LogP contribution in [0.4, 0.5) is 17.3 Å². The lowest BCUT2D eigenvalue weighted by Gasteiger charge is -2.23. The lowest BCUT2D eigenvalue weighted by atomic mass is 9.89. The van der Waals surface area contributed by atoms with Crippen LogP contribution in [0.2, 0.25) is 0 Å². The van der Waals surface area contributed by atoms with Crippen LogP contribution in [0.15, 0.2) is 36.1 Å². The third kappa shape index (κ3) is 5.88. The first-order valence-electron chi connectivity index (χ1n) is 11.2. The van der Waals surface area contributed by atoms with E-state index in [1.165, 1.54) is 43.4 Å². The number of pyridine rings is 1. The van der Waals surface area contributed by atoms with Crippen LogP contribution in [0.1, 0.15) is 54.4 Å². The van der Waals surface area contributed by atoms with E-state index in [0.717, 1.165) is 23.4 Å². The normalized spacial score (nSPS) is 13.8. The standard InChI is InChI=1S/C25H27N5O2S/c1-3-19-13-28-24(15-26-19)30-23-11-21(27-12-17-8-6-5-7-9-17)20(14-29-23)18-10-22(33-16-18)25(31)32-4-2/h1,10-11,13-17H,4-9,12H2,2H3,(H2,27,28,29,30). The van der Waals surface area contributed by atoms with Gasteiger partial charge in [0, 0.05) is 30.1 Å². The average molecular weight is 462 g/mol. The number of ether oxygens (including phenoxy) is 1. The van der Waals surface area contributed by atoms with Crippen LogP contribution in [-0.2, 0) is 4.74 Å². The van der Waals surface area contributed by atoms with Gasteiger partial charge in [-0.2, -0.15) is 0 Å². The van der Waals surface area contributed by atoms with E-state index in [0.29, 0.717) is 34.7 Å². The molecule has 1 fully saturated rings. The Morgan fingerprint density at radius 3 is 2.70 bits per heavy atom. The van der Waals surface area contributed by atoms with E-state index < -0.39 is 0 Å². The molecular formula is C25H27N5O2S. The van der Waals surface area contributed by atoms with E-state index >= 15 is 0 Å². The molecule has 0 aromatic carbocycles. The summed E-state index contributed by atoms with van der Waals surface area (Å²) in [6.07, 6.45) is 16.7. The number of carbonyl (C=O) groups excluding carboxylic acids is 1. The predicted molar refractivity (Wildman–Crippen MR) is 132 cm³/mol. The van der Waals surface area contributed by atoms with Crippen molar-refractivity contribution in [2.45, 2.75) is 39.0 Å². The molecule has 0 bridgehead atoms. The number of nitrogens with one attached hydrogen (secondary N) is 2. The maximum absolute atomic E-state index is 12.1. The Labute approximate surface area is 198 Å². The molecule has 7 nitrogen and oxygen atoms in total. The number of thiophene rings is 1. The molecule has 0 amide bonds. The molecule has 8 heteroatoms. The largest absolute Gasteiger partial charge is 0.462 e. The second-order valence-corrected chi connectivity index (χ2v) is 8.89. The van der Waals surface area contributed by atoms with Gasteiger partial charge >= 0.3 is 5.97 Å². The third-order valence-electron chi connectivity index (χ3n) is 5.65. The Balaban J connectivity index is 1.58.